The van der Waals surface area contributed by atoms with Crippen molar-refractivity contribution >= 4 is 35.9 Å². The average molecular weight is 510 g/mol. The van der Waals surface area contributed by atoms with E-state index in [1.165, 1.54) is 0 Å². The lowest BCUT2D eigenvalue weighted by molar-refractivity contribution is -0.149. The molecule has 0 amide bonds. The fourth-order valence-electron chi connectivity index (χ4n) is 3.98. The SMILES string of the molecule is CCOC(=O)C1CCN(C(=NC)NCC(CC(C)C)N2CCOCC2)CC1.I. The molecule has 28 heavy (non-hydrogen) atoms. The number of ether oxygens (including phenoxy) is 2. The standard InChI is InChI=1S/C20H38N4O3.HI/c1-5-27-19(25)17-6-8-24(9-7-17)20(21-4)22-15-18(14-16(2)3)23-10-12-26-13-11-23;/h16-18H,5-15H2,1-4H3,(H,21,22);1H. The molecule has 0 bridgehead atoms. The molecule has 0 aromatic rings. The minimum Gasteiger partial charge on any atom is -0.466 e. The summed E-state index contributed by atoms with van der Waals surface area (Å²) in [5.41, 5.74) is 0. The second-order valence-electron chi connectivity index (χ2n) is 7.87. The molecule has 0 spiro atoms. The molecule has 0 radical (unpaired) electrons. The van der Waals surface area contributed by atoms with E-state index in [1.807, 2.05) is 14.0 Å². The maximum absolute atomic E-state index is 11.9. The number of piperidine rings is 1. The van der Waals surface area contributed by atoms with E-state index in [2.05, 4.69) is 34.0 Å². The summed E-state index contributed by atoms with van der Waals surface area (Å²) in [6.07, 6.45) is 2.83. The van der Waals surface area contributed by atoms with Gasteiger partial charge in [0.2, 0.25) is 0 Å². The van der Waals surface area contributed by atoms with E-state index >= 15 is 0 Å². The van der Waals surface area contributed by atoms with Crippen molar-refractivity contribution in [3.05, 3.63) is 0 Å². The smallest absolute Gasteiger partial charge is 0.309 e. The van der Waals surface area contributed by atoms with Gasteiger partial charge in [0.05, 0.1) is 25.7 Å². The summed E-state index contributed by atoms with van der Waals surface area (Å²) in [5, 5.41) is 3.59. The zero-order chi connectivity index (χ0) is 19.6. The number of rotatable bonds is 7. The molecule has 1 unspecified atom stereocenters. The van der Waals surface area contributed by atoms with Gasteiger partial charge in [0, 0.05) is 45.8 Å². The van der Waals surface area contributed by atoms with Gasteiger partial charge < -0.3 is 19.7 Å². The minimum atomic E-state index is -0.0515. The molecule has 1 atom stereocenters. The first-order valence-corrected chi connectivity index (χ1v) is 10.5. The van der Waals surface area contributed by atoms with Crippen LogP contribution >= 0.6 is 24.0 Å². The lowest BCUT2D eigenvalue weighted by Gasteiger charge is -2.37. The highest BCUT2D eigenvalue weighted by Gasteiger charge is 2.28. The minimum absolute atomic E-state index is 0. The molecule has 0 aliphatic carbocycles. The zero-order valence-corrected chi connectivity index (χ0v) is 20.3. The number of hydrogen-bond donors (Lipinski definition) is 1. The van der Waals surface area contributed by atoms with Crippen molar-refractivity contribution in [2.24, 2.45) is 16.8 Å². The Kier molecular flexibility index (Phi) is 12.3. The van der Waals surface area contributed by atoms with Gasteiger partial charge in [-0.3, -0.25) is 14.7 Å². The third-order valence-electron chi connectivity index (χ3n) is 5.43. The first-order chi connectivity index (χ1) is 13.0. The third-order valence-corrected chi connectivity index (χ3v) is 5.43. The van der Waals surface area contributed by atoms with Crippen LogP contribution in [0.25, 0.3) is 0 Å². The molecule has 7 nitrogen and oxygen atoms in total. The van der Waals surface area contributed by atoms with E-state index in [1.54, 1.807) is 0 Å². The number of carbonyl (C=O) groups excluding carboxylic acids is 1. The summed E-state index contributed by atoms with van der Waals surface area (Å²) in [6.45, 7) is 13.1. The topological polar surface area (TPSA) is 66.4 Å². The number of guanidine groups is 1. The number of aliphatic imine (C=N–C) groups is 1. The van der Waals surface area contributed by atoms with Crippen LogP contribution in [0, 0.1) is 11.8 Å². The van der Waals surface area contributed by atoms with Gasteiger partial charge in [0.1, 0.15) is 0 Å². The molecule has 2 rings (SSSR count). The highest BCUT2D eigenvalue weighted by atomic mass is 127. The molecular weight excluding hydrogens is 471 g/mol. The van der Waals surface area contributed by atoms with Crippen LogP contribution in [0.15, 0.2) is 4.99 Å². The van der Waals surface area contributed by atoms with E-state index in [-0.39, 0.29) is 35.9 Å². The summed E-state index contributed by atoms with van der Waals surface area (Å²) in [5.74, 6) is 1.58. The number of morpholine rings is 1. The van der Waals surface area contributed by atoms with Crippen molar-refractivity contribution in [1.29, 1.82) is 0 Å². The molecule has 0 aromatic carbocycles. The van der Waals surface area contributed by atoms with Crippen molar-refractivity contribution in [2.45, 2.75) is 46.1 Å². The van der Waals surface area contributed by atoms with E-state index in [4.69, 9.17) is 9.47 Å². The van der Waals surface area contributed by atoms with Crippen LogP contribution in [0.1, 0.15) is 40.0 Å². The largest absolute Gasteiger partial charge is 0.466 e. The van der Waals surface area contributed by atoms with Gasteiger partial charge in [0.25, 0.3) is 0 Å². The van der Waals surface area contributed by atoms with Gasteiger partial charge in [-0.25, -0.2) is 0 Å². The molecule has 2 heterocycles. The van der Waals surface area contributed by atoms with E-state index in [0.29, 0.717) is 18.6 Å². The Labute approximate surface area is 187 Å². The van der Waals surface area contributed by atoms with Crippen LogP contribution < -0.4 is 5.32 Å². The molecule has 2 saturated heterocycles. The molecule has 2 aliphatic rings. The van der Waals surface area contributed by atoms with Crippen LogP contribution in [0.2, 0.25) is 0 Å². The summed E-state index contributed by atoms with van der Waals surface area (Å²) in [6, 6.07) is 0.489. The Balaban J connectivity index is 0.00000392. The Morgan fingerprint density at radius 3 is 2.39 bits per heavy atom. The number of carbonyl (C=O) groups is 1. The first-order valence-electron chi connectivity index (χ1n) is 10.5. The number of nitrogens with one attached hydrogen (secondary N) is 1. The maximum atomic E-state index is 11.9. The van der Waals surface area contributed by atoms with E-state index in [9.17, 15) is 4.79 Å². The lowest BCUT2D eigenvalue weighted by Crippen LogP contribution is -2.53. The van der Waals surface area contributed by atoms with Crippen LogP contribution in [-0.4, -0.2) is 87.4 Å². The van der Waals surface area contributed by atoms with Gasteiger partial charge in [-0.2, -0.15) is 0 Å². The maximum Gasteiger partial charge on any atom is 0.309 e. The van der Waals surface area contributed by atoms with Crippen molar-refractivity contribution in [1.82, 2.24) is 15.1 Å². The second-order valence-corrected chi connectivity index (χ2v) is 7.87. The molecule has 1 N–H and O–H groups in total. The quantitative estimate of drug-likeness (QED) is 0.245. The van der Waals surface area contributed by atoms with Gasteiger partial charge in [-0.1, -0.05) is 13.8 Å². The van der Waals surface area contributed by atoms with Crippen molar-refractivity contribution in [3.8, 4) is 0 Å². The van der Waals surface area contributed by atoms with Crippen molar-refractivity contribution in [2.75, 3.05) is 59.6 Å². The molecule has 2 fully saturated rings. The fraction of sp³-hybridized carbons (Fsp3) is 0.900. The summed E-state index contributed by atoms with van der Waals surface area (Å²) in [7, 11) is 1.84. The second kappa shape index (κ2) is 13.6. The summed E-state index contributed by atoms with van der Waals surface area (Å²) in [4.78, 5) is 21.2. The fourth-order valence-corrected chi connectivity index (χ4v) is 3.98. The average Bonchev–Trinajstić information content (AvgIpc) is 2.68. The Hall–Kier alpha value is -0.610. The third kappa shape index (κ3) is 8.02. The number of hydrogen-bond acceptors (Lipinski definition) is 5. The van der Waals surface area contributed by atoms with Crippen LogP contribution in [-0.2, 0) is 14.3 Å². The molecule has 0 aromatic heterocycles. The van der Waals surface area contributed by atoms with E-state index in [0.717, 1.165) is 71.2 Å². The van der Waals surface area contributed by atoms with Gasteiger partial charge in [-0.15, -0.1) is 24.0 Å². The van der Waals surface area contributed by atoms with Crippen LogP contribution in [0.4, 0.5) is 0 Å². The Morgan fingerprint density at radius 1 is 1.21 bits per heavy atom. The Morgan fingerprint density at radius 2 is 1.86 bits per heavy atom. The molecule has 2 aliphatic heterocycles. The van der Waals surface area contributed by atoms with Crippen molar-refractivity contribution < 1.29 is 14.3 Å². The number of nitrogens with zero attached hydrogens (tertiary/aromatic N) is 3. The molecule has 8 heteroatoms. The normalized spacial score (nSPS) is 20.6. The molecule has 0 saturated carbocycles. The van der Waals surface area contributed by atoms with Gasteiger partial charge >= 0.3 is 5.97 Å². The Bertz CT molecular complexity index is 476. The predicted molar refractivity (Wildman–Crippen MR) is 123 cm³/mol. The lowest BCUT2D eigenvalue weighted by atomic mass is 9.97. The number of likely N-dealkylation sites (tertiary alicyclic amines) is 1. The molecular formula is C20H39IN4O3. The van der Waals surface area contributed by atoms with E-state index < -0.39 is 0 Å². The highest BCUT2D eigenvalue weighted by molar-refractivity contribution is 14.0. The van der Waals surface area contributed by atoms with Gasteiger partial charge in [-0.05, 0) is 32.1 Å². The van der Waals surface area contributed by atoms with Crippen LogP contribution in [0.3, 0.4) is 0 Å². The first kappa shape index (κ1) is 25.4. The predicted octanol–water partition coefficient (Wildman–Crippen LogP) is 2.20. The van der Waals surface area contributed by atoms with Crippen molar-refractivity contribution in [3.63, 3.8) is 0 Å². The monoisotopic (exact) mass is 510 g/mol. The van der Waals surface area contributed by atoms with Gasteiger partial charge in [0.15, 0.2) is 5.96 Å². The number of esters is 1. The summed E-state index contributed by atoms with van der Waals surface area (Å²) >= 11 is 0. The highest BCUT2D eigenvalue weighted by Crippen LogP contribution is 2.19. The summed E-state index contributed by atoms with van der Waals surface area (Å²) < 4.78 is 10.7. The number of halogens is 1. The zero-order valence-electron chi connectivity index (χ0n) is 18.0. The van der Waals surface area contributed by atoms with Crippen LogP contribution in [0.5, 0.6) is 0 Å². The molecule has 164 valence electrons.